The Bertz CT molecular complexity index is 998. The minimum atomic E-state index is -0.139. The summed E-state index contributed by atoms with van der Waals surface area (Å²) in [7, 11) is 3.13. The van der Waals surface area contributed by atoms with E-state index >= 15 is 0 Å². The molecule has 0 atom stereocenters. The van der Waals surface area contributed by atoms with Gasteiger partial charge in [0.15, 0.2) is 11.5 Å². The number of thioether (sulfide) groups is 1. The molecule has 8 heteroatoms. The van der Waals surface area contributed by atoms with Crippen molar-refractivity contribution in [1.82, 2.24) is 9.97 Å². The lowest BCUT2D eigenvalue weighted by Crippen LogP contribution is -2.14. The molecule has 3 aromatic rings. The van der Waals surface area contributed by atoms with Crippen molar-refractivity contribution in [1.29, 1.82) is 0 Å². The molecule has 0 aliphatic heterocycles. The summed E-state index contributed by atoms with van der Waals surface area (Å²) in [6.45, 7) is 2.06. The van der Waals surface area contributed by atoms with Crippen LogP contribution in [0.1, 0.15) is 5.56 Å². The number of hydrogen-bond donors (Lipinski definition) is 1. The number of aromatic nitrogens is 2. The average Bonchev–Trinajstić information content (AvgIpc) is 2.74. The molecule has 6 nitrogen and oxygen atoms in total. The molecule has 0 spiro atoms. The molecule has 3 rings (SSSR count). The van der Waals surface area contributed by atoms with Crippen LogP contribution in [-0.2, 0) is 4.79 Å². The molecule has 1 N–H and O–H groups in total. The Morgan fingerprint density at radius 3 is 2.45 bits per heavy atom. The molecule has 0 saturated carbocycles. The van der Waals surface area contributed by atoms with Crippen molar-refractivity contribution < 1.29 is 14.3 Å². The molecule has 0 saturated heterocycles. The Morgan fingerprint density at radius 2 is 1.72 bits per heavy atom. The number of ether oxygens (including phenoxy) is 2. The smallest absolute Gasteiger partial charge is 0.234 e. The maximum Gasteiger partial charge on any atom is 0.234 e. The Morgan fingerprint density at radius 1 is 1.00 bits per heavy atom. The lowest BCUT2D eigenvalue weighted by Gasteiger charge is -2.11. The predicted molar refractivity (Wildman–Crippen MR) is 116 cm³/mol. The third kappa shape index (κ3) is 5.65. The van der Waals surface area contributed by atoms with E-state index in [4.69, 9.17) is 9.47 Å². The van der Waals surface area contributed by atoms with Crippen LogP contribution in [0, 0.1) is 6.92 Å². The molecule has 0 fully saturated rings. The monoisotopic (exact) mass is 427 g/mol. The number of amides is 1. The number of anilines is 1. The number of carbonyl (C=O) groups excluding carboxylic acids is 1. The van der Waals surface area contributed by atoms with Gasteiger partial charge < -0.3 is 14.8 Å². The van der Waals surface area contributed by atoms with Crippen LogP contribution in [0.25, 0.3) is 0 Å². The van der Waals surface area contributed by atoms with E-state index in [9.17, 15) is 4.79 Å². The second kappa shape index (κ2) is 10.2. The van der Waals surface area contributed by atoms with E-state index in [1.54, 1.807) is 56.6 Å². The summed E-state index contributed by atoms with van der Waals surface area (Å²) in [6, 6.07) is 13.4. The number of benzene rings is 2. The largest absolute Gasteiger partial charge is 0.493 e. The van der Waals surface area contributed by atoms with E-state index in [0.717, 1.165) is 14.9 Å². The number of nitrogens with zero attached hydrogens (tertiary/aromatic N) is 2. The SMILES string of the molecule is COc1ccc(NC(=O)CSc2nccnc2Sc2ccccc2C)cc1OC. The van der Waals surface area contributed by atoms with Gasteiger partial charge in [-0.3, -0.25) is 4.79 Å². The third-order valence-corrected chi connectivity index (χ3v) is 6.22. The molecule has 2 aromatic carbocycles. The van der Waals surface area contributed by atoms with Gasteiger partial charge in [0.2, 0.25) is 5.91 Å². The highest BCUT2D eigenvalue weighted by atomic mass is 32.2. The molecule has 0 unspecified atom stereocenters. The van der Waals surface area contributed by atoms with Crippen molar-refractivity contribution in [2.45, 2.75) is 21.9 Å². The standard InChI is InChI=1S/C21H21N3O3S2/c1-14-6-4-5-7-18(14)29-21-20(22-10-11-23-21)28-13-19(25)24-15-8-9-16(26-2)17(12-15)27-3/h4-12H,13H2,1-3H3,(H,24,25). The van der Waals surface area contributed by atoms with Crippen molar-refractivity contribution >= 4 is 35.1 Å². The van der Waals surface area contributed by atoms with Crippen LogP contribution in [0.5, 0.6) is 11.5 Å². The molecular formula is C21H21N3O3S2. The highest BCUT2D eigenvalue weighted by Gasteiger charge is 2.13. The van der Waals surface area contributed by atoms with Gasteiger partial charge in [0.05, 0.1) is 20.0 Å². The summed E-state index contributed by atoms with van der Waals surface area (Å²) in [6.07, 6.45) is 3.30. The van der Waals surface area contributed by atoms with E-state index in [-0.39, 0.29) is 11.7 Å². The van der Waals surface area contributed by atoms with Gasteiger partial charge in [-0.2, -0.15) is 0 Å². The first-order chi connectivity index (χ1) is 14.1. The highest BCUT2D eigenvalue weighted by molar-refractivity contribution is 8.02. The van der Waals surface area contributed by atoms with Crippen molar-refractivity contribution in [3.63, 3.8) is 0 Å². The zero-order valence-electron chi connectivity index (χ0n) is 16.3. The Kier molecular flexibility index (Phi) is 7.37. The van der Waals surface area contributed by atoms with Crippen LogP contribution in [0.2, 0.25) is 0 Å². The normalized spacial score (nSPS) is 10.4. The maximum absolute atomic E-state index is 12.4. The van der Waals surface area contributed by atoms with Gasteiger partial charge in [0, 0.05) is 29.0 Å². The molecule has 29 heavy (non-hydrogen) atoms. The second-order valence-corrected chi connectivity index (χ2v) is 7.94. The van der Waals surface area contributed by atoms with E-state index in [0.29, 0.717) is 17.2 Å². The Balaban J connectivity index is 1.64. The number of nitrogens with one attached hydrogen (secondary N) is 1. The van der Waals surface area contributed by atoms with Crippen molar-refractivity contribution in [3.8, 4) is 11.5 Å². The quantitative estimate of drug-likeness (QED) is 0.523. The third-order valence-electron chi connectivity index (χ3n) is 3.94. The average molecular weight is 428 g/mol. The van der Waals surface area contributed by atoms with E-state index in [1.807, 2.05) is 18.2 Å². The highest BCUT2D eigenvalue weighted by Crippen LogP contribution is 2.34. The van der Waals surface area contributed by atoms with Gasteiger partial charge in [0.25, 0.3) is 0 Å². The molecule has 1 heterocycles. The molecule has 1 amide bonds. The molecule has 0 aliphatic carbocycles. The fraction of sp³-hybridized carbons (Fsp3) is 0.190. The van der Waals surface area contributed by atoms with E-state index in [1.165, 1.54) is 17.3 Å². The Labute approximate surface area is 178 Å². The number of methoxy groups -OCH3 is 2. The fourth-order valence-electron chi connectivity index (χ4n) is 2.50. The minimum Gasteiger partial charge on any atom is -0.493 e. The topological polar surface area (TPSA) is 73.3 Å². The van der Waals surface area contributed by atoms with Crippen LogP contribution < -0.4 is 14.8 Å². The number of rotatable bonds is 8. The van der Waals surface area contributed by atoms with Crippen molar-refractivity contribution in [2.24, 2.45) is 0 Å². The van der Waals surface area contributed by atoms with E-state index in [2.05, 4.69) is 28.3 Å². The first-order valence-electron chi connectivity index (χ1n) is 8.80. The van der Waals surface area contributed by atoms with Crippen LogP contribution in [0.3, 0.4) is 0 Å². The number of aryl methyl sites for hydroxylation is 1. The van der Waals surface area contributed by atoms with Gasteiger partial charge in [-0.1, -0.05) is 41.7 Å². The summed E-state index contributed by atoms with van der Waals surface area (Å²) < 4.78 is 10.5. The van der Waals surface area contributed by atoms with Gasteiger partial charge >= 0.3 is 0 Å². The van der Waals surface area contributed by atoms with Gasteiger partial charge in [-0.25, -0.2) is 9.97 Å². The molecule has 0 radical (unpaired) electrons. The van der Waals surface area contributed by atoms with Crippen LogP contribution >= 0.6 is 23.5 Å². The summed E-state index contributed by atoms with van der Waals surface area (Å²) in [5.41, 5.74) is 1.81. The lowest BCUT2D eigenvalue weighted by atomic mass is 10.2. The molecule has 0 bridgehead atoms. The Hall–Kier alpha value is -2.71. The summed E-state index contributed by atoms with van der Waals surface area (Å²) in [5, 5.41) is 4.37. The maximum atomic E-state index is 12.4. The number of carbonyl (C=O) groups is 1. The van der Waals surface area contributed by atoms with Gasteiger partial charge in [-0.15, -0.1) is 0 Å². The first kappa shape index (κ1) is 21.0. The van der Waals surface area contributed by atoms with Crippen molar-refractivity contribution in [3.05, 3.63) is 60.4 Å². The summed E-state index contributed by atoms with van der Waals surface area (Å²) >= 11 is 2.90. The predicted octanol–water partition coefficient (Wildman–Crippen LogP) is 4.68. The van der Waals surface area contributed by atoms with Crippen LogP contribution in [0.4, 0.5) is 5.69 Å². The zero-order chi connectivity index (χ0) is 20.6. The van der Waals surface area contributed by atoms with Crippen LogP contribution in [0.15, 0.2) is 69.8 Å². The molecule has 150 valence electrons. The summed E-state index contributed by atoms with van der Waals surface area (Å²) in [5.74, 6) is 1.25. The first-order valence-corrected chi connectivity index (χ1v) is 10.6. The molecule has 1 aromatic heterocycles. The minimum absolute atomic E-state index is 0.139. The van der Waals surface area contributed by atoms with E-state index < -0.39 is 0 Å². The van der Waals surface area contributed by atoms with Crippen LogP contribution in [-0.4, -0.2) is 35.8 Å². The molecule has 0 aliphatic rings. The van der Waals surface area contributed by atoms with Gasteiger partial charge in [0.1, 0.15) is 10.1 Å². The number of hydrogen-bond acceptors (Lipinski definition) is 7. The summed E-state index contributed by atoms with van der Waals surface area (Å²) in [4.78, 5) is 22.4. The van der Waals surface area contributed by atoms with Gasteiger partial charge in [-0.05, 0) is 30.7 Å². The zero-order valence-corrected chi connectivity index (χ0v) is 18.0. The lowest BCUT2D eigenvalue weighted by molar-refractivity contribution is -0.113. The fourth-order valence-corrected chi connectivity index (χ4v) is 4.29. The molecular weight excluding hydrogens is 406 g/mol. The van der Waals surface area contributed by atoms with Crippen molar-refractivity contribution in [2.75, 3.05) is 25.3 Å². The second-order valence-electron chi connectivity index (χ2n) is 5.94.